The number of amides is 2. The summed E-state index contributed by atoms with van der Waals surface area (Å²) in [4.78, 5) is 25.5. The topological polar surface area (TPSA) is 111 Å². The first kappa shape index (κ1) is 19.1. The number of carbonyl (C=O) groups is 1. The molecule has 5 rings (SSSR count). The van der Waals surface area contributed by atoms with Crippen LogP contribution in [0, 0.1) is 11.3 Å². The van der Waals surface area contributed by atoms with Crippen molar-refractivity contribution in [3.05, 3.63) is 54.0 Å². The summed E-state index contributed by atoms with van der Waals surface area (Å²) < 4.78 is 5.32. The van der Waals surface area contributed by atoms with Gasteiger partial charge in [0.15, 0.2) is 0 Å². The lowest BCUT2D eigenvalue weighted by Gasteiger charge is -2.35. The Hall–Kier alpha value is -3.93. The van der Waals surface area contributed by atoms with Gasteiger partial charge in [0.2, 0.25) is 11.7 Å². The van der Waals surface area contributed by atoms with E-state index in [1.807, 2.05) is 12.1 Å². The normalized spacial score (nSPS) is 16.1. The molecule has 0 bridgehead atoms. The zero-order valence-electron chi connectivity index (χ0n) is 16.9. The second kappa shape index (κ2) is 8.07. The lowest BCUT2D eigenvalue weighted by Crippen LogP contribution is -2.50. The van der Waals surface area contributed by atoms with Gasteiger partial charge in [-0.05, 0) is 37.1 Å². The summed E-state index contributed by atoms with van der Waals surface area (Å²) in [5.74, 6) is 2.56. The summed E-state index contributed by atoms with van der Waals surface area (Å²) in [5, 5.41) is 16.1. The molecule has 1 saturated carbocycles. The molecule has 2 amide bonds. The number of anilines is 2. The van der Waals surface area contributed by atoms with Crippen LogP contribution in [0.25, 0.3) is 11.4 Å². The van der Waals surface area contributed by atoms with Crippen molar-refractivity contribution in [1.29, 1.82) is 5.26 Å². The highest BCUT2D eigenvalue weighted by Gasteiger charge is 2.30. The van der Waals surface area contributed by atoms with Crippen LogP contribution in [0.4, 0.5) is 16.3 Å². The Morgan fingerprint density at radius 2 is 1.94 bits per heavy atom. The highest BCUT2D eigenvalue weighted by Crippen LogP contribution is 2.39. The smallest absolute Gasteiger partial charge is 0.322 e. The number of carbonyl (C=O) groups excluding carboxylic acids is 1. The molecule has 2 aromatic heterocycles. The molecule has 1 aromatic carbocycles. The van der Waals surface area contributed by atoms with Gasteiger partial charge < -0.3 is 19.6 Å². The lowest BCUT2D eigenvalue weighted by atomic mass is 10.2. The molecule has 3 aromatic rings. The molecule has 1 aliphatic carbocycles. The van der Waals surface area contributed by atoms with Crippen LogP contribution in [0.2, 0.25) is 0 Å². The van der Waals surface area contributed by atoms with Gasteiger partial charge in [-0.1, -0.05) is 17.3 Å². The van der Waals surface area contributed by atoms with Gasteiger partial charge in [0.25, 0.3) is 0 Å². The minimum Gasteiger partial charge on any atom is -0.353 e. The minimum atomic E-state index is -0.200. The fourth-order valence-corrected chi connectivity index (χ4v) is 3.58. The maximum Gasteiger partial charge on any atom is 0.322 e. The minimum absolute atomic E-state index is 0.200. The number of urea groups is 1. The molecule has 2 fully saturated rings. The van der Waals surface area contributed by atoms with Gasteiger partial charge in [0.1, 0.15) is 11.9 Å². The van der Waals surface area contributed by atoms with Gasteiger partial charge in [-0.25, -0.2) is 9.78 Å². The molecule has 31 heavy (non-hydrogen) atoms. The first-order valence-corrected chi connectivity index (χ1v) is 10.3. The Kier molecular flexibility index (Phi) is 4.96. The summed E-state index contributed by atoms with van der Waals surface area (Å²) >= 11 is 0. The number of hydrogen-bond donors (Lipinski definition) is 1. The third kappa shape index (κ3) is 4.05. The fourth-order valence-electron chi connectivity index (χ4n) is 3.58. The Bertz CT molecular complexity index is 1120. The van der Waals surface area contributed by atoms with Crippen LogP contribution in [0.1, 0.15) is 30.2 Å². The molecule has 1 aliphatic heterocycles. The Balaban J connectivity index is 1.18. The Labute approximate surface area is 179 Å². The highest BCUT2D eigenvalue weighted by molar-refractivity contribution is 5.91. The first-order chi connectivity index (χ1) is 15.2. The van der Waals surface area contributed by atoms with Gasteiger partial charge in [-0.3, -0.25) is 0 Å². The van der Waals surface area contributed by atoms with Crippen LogP contribution >= 0.6 is 0 Å². The fraction of sp³-hybridized carbons (Fsp3) is 0.318. The third-order valence-electron chi connectivity index (χ3n) is 5.55. The van der Waals surface area contributed by atoms with E-state index in [0.29, 0.717) is 55.1 Å². The number of rotatable bonds is 4. The Morgan fingerprint density at radius 1 is 1.13 bits per heavy atom. The Morgan fingerprint density at radius 3 is 2.65 bits per heavy atom. The molecule has 2 aliphatic rings. The molecular formula is C22H21N7O2. The predicted octanol–water partition coefficient (Wildman–Crippen LogP) is 3.23. The van der Waals surface area contributed by atoms with Crippen molar-refractivity contribution in [2.75, 3.05) is 36.4 Å². The number of pyridine rings is 1. The largest absolute Gasteiger partial charge is 0.353 e. The van der Waals surface area contributed by atoms with E-state index < -0.39 is 0 Å². The van der Waals surface area contributed by atoms with Crippen LogP contribution in [0.3, 0.4) is 0 Å². The van der Waals surface area contributed by atoms with Gasteiger partial charge in [0, 0.05) is 43.9 Å². The molecule has 3 heterocycles. The zero-order valence-corrected chi connectivity index (χ0v) is 16.9. The summed E-state index contributed by atoms with van der Waals surface area (Å²) in [6.45, 7) is 2.49. The number of piperazine rings is 1. The van der Waals surface area contributed by atoms with Crippen LogP contribution < -0.4 is 10.2 Å². The number of nitrogens with zero attached hydrogens (tertiary/aromatic N) is 6. The van der Waals surface area contributed by atoms with E-state index in [1.165, 1.54) is 0 Å². The van der Waals surface area contributed by atoms with E-state index in [0.717, 1.165) is 24.2 Å². The van der Waals surface area contributed by atoms with Crippen molar-refractivity contribution >= 4 is 17.5 Å². The van der Waals surface area contributed by atoms with Gasteiger partial charge in [-0.15, -0.1) is 0 Å². The number of hydrogen-bond acceptors (Lipinski definition) is 7. The van der Waals surface area contributed by atoms with E-state index >= 15 is 0 Å². The monoisotopic (exact) mass is 415 g/mol. The maximum atomic E-state index is 12.6. The predicted molar refractivity (Wildman–Crippen MR) is 113 cm³/mol. The number of nitriles is 1. The molecule has 9 nitrogen and oxygen atoms in total. The molecule has 1 saturated heterocycles. The zero-order chi connectivity index (χ0) is 21.2. The van der Waals surface area contributed by atoms with Crippen LogP contribution in [-0.4, -0.2) is 52.2 Å². The van der Waals surface area contributed by atoms with E-state index in [-0.39, 0.29) is 6.03 Å². The molecule has 0 atom stereocenters. The quantitative estimate of drug-likeness (QED) is 0.696. The van der Waals surface area contributed by atoms with Crippen molar-refractivity contribution in [2.24, 2.45) is 0 Å². The number of benzene rings is 1. The lowest BCUT2D eigenvalue weighted by molar-refractivity contribution is 0.208. The number of nitrogens with one attached hydrogen (secondary N) is 1. The van der Waals surface area contributed by atoms with E-state index in [2.05, 4.69) is 31.4 Å². The van der Waals surface area contributed by atoms with Crippen LogP contribution in [0.5, 0.6) is 0 Å². The molecule has 156 valence electrons. The van der Waals surface area contributed by atoms with Crippen molar-refractivity contribution in [1.82, 2.24) is 20.0 Å². The van der Waals surface area contributed by atoms with Crippen LogP contribution in [-0.2, 0) is 0 Å². The SMILES string of the molecule is N#Cc1ccccc1NC(=O)N1CCN(c2ccc(-c3noc(C4CC4)n3)cn2)CC1. The second-order valence-electron chi connectivity index (χ2n) is 7.70. The maximum absolute atomic E-state index is 12.6. The average molecular weight is 415 g/mol. The van der Waals surface area contributed by atoms with Gasteiger partial charge in [0.05, 0.1) is 11.3 Å². The molecule has 0 radical (unpaired) electrons. The summed E-state index contributed by atoms with van der Waals surface area (Å²) in [7, 11) is 0. The highest BCUT2D eigenvalue weighted by atomic mass is 16.5. The van der Waals surface area contributed by atoms with E-state index in [4.69, 9.17) is 4.52 Å². The summed E-state index contributed by atoms with van der Waals surface area (Å²) in [5.41, 5.74) is 1.80. The molecule has 0 spiro atoms. The molecule has 1 N–H and O–H groups in total. The third-order valence-corrected chi connectivity index (χ3v) is 5.55. The number of para-hydroxylation sites is 1. The van der Waals surface area contributed by atoms with Crippen molar-refractivity contribution in [3.63, 3.8) is 0 Å². The van der Waals surface area contributed by atoms with E-state index in [9.17, 15) is 10.1 Å². The molecule has 9 heteroatoms. The summed E-state index contributed by atoms with van der Waals surface area (Å²) in [6.07, 6.45) is 4.00. The van der Waals surface area contributed by atoms with Gasteiger partial charge in [-0.2, -0.15) is 10.2 Å². The molecule has 0 unspecified atom stereocenters. The van der Waals surface area contributed by atoms with Crippen molar-refractivity contribution in [2.45, 2.75) is 18.8 Å². The summed E-state index contributed by atoms with van der Waals surface area (Å²) in [6, 6.07) is 12.8. The van der Waals surface area contributed by atoms with E-state index in [1.54, 1.807) is 35.4 Å². The van der Waals surface area contributed by atoms with Gasteiger partial charge >= 0.3 is 6.03 Å². The first-order valence-electron chi connectivity index (χ1n) is 10.3. The number of aromatic nitrogens is 3. The second-order valence-corrected chi connectivity index (χ2v) is 7.70. The van der Waals surface area contributed by atoms with Crippen molar-refractivity contribution in [3.8, 4) is 17.5 Å². The van der Waals surface area contributed by atoms with Crippen LogP contribution in [0.15, 0.2) is 47.1 Å². The molecular weight excluding hydrogens is 394 g/mol. The standard InChI is InChI=1S/C22H21N7O2/c23-13-16-3-1-2-4-18(16)25-22(30)29-11-9-28(10-12-29)19-8-7-17(14-24-19)20-26-21(31-27-20)15-5-6-15/h1-4,7-8,14-15H,5-6,9-12H2,(H,25,30). The van der Waals surface area contributed by atoms with Crippen molar-refractivity contribution < 1.29 is 9.32 Å². The average Bonchev–Trinajstić information content (AvgIpc) is 3.56.